The molecule has 0 spiro atoms. The fourth-order valence-corrected chi connectivity index (χ4v) is 3.59. The number of nitrogens with one attached hydrogen (secondary N) is 2. The van der Waals surface area contributed by atoms with Gasteiger partial charge in [-0.05, 0) is 38.5 Å². The third-order valence-corrected chi connectivity index (χ3v) is 5.07. The number of para-hydroxylation sites is 2. The zero-order valence-corrected chi connectivity index (χ0v) is 18.0. The number of ether oxygens (including phenoxy) is 2. The summed E-state index contributed by atoms with van der Waals surface area (Å²) in [5, 5.41) is 6.78. The largest absolute Gasteiger partial charge is 0.495 e. The molecule has 162 valence electrons. The van der Waals surface area contributed by atoms with Crippen LogP contribution in [0.15, 0.2) is 39.7 Å². The molecular formula is C22H30N4O4. The van der Waals surface area contributed by atoms with E-state index in [0.29, 0.717) is 23.6 Å². The molecule has 0 radical (unpaired) electrons. The van der Waals surface area contributed by atoms with Gasteiger partial charge in [0, 0.05) is 25.7 Å². The minimum Gasteiger partial charge on any atom is -0.495 e. The van der Waals surface area contributed by atoms with Gasteiger partial charge in [0.15, 0.2) is 5.96 Å². The molecule has 1 aromatic carbocycles. The summed E-state index contributed by atoms with van der Waals surface area (Å²) < 4.78 is 15.9. The van der Waals surface area contributed by atoms with Gasteiger partial charge in [-0.15, -0.1) is 0 Å². The van der Waals surface area contributed by atoms with Crippen LogP contribution in [0.2, 0.25) is 0 Å². The maximum Gasteiger partial charge on any atom is 0.341 e. The first kappa shape index (κ1) is 21.5. The van der Waals surface area contributed by atoms with Crippen molar-refractivity contribution in [2.24, 2.45) is 4.99 Å². The molecule has 8 heteroatoms. The summed E-state index contributed by atoms with van der Waals surface area (Å²) in [7, 11) is 3.05. The molecule has 8 nitrogen and oxygen atoms in total. The number of rotatable bonds is 7. The molecule has 1 aliphatic rings. The number of methoxy groups -OCH3 is 2. The Morgan fingerprint density at radius 1 is 1.33 bits per heavy atom. The normalized spacial score (nSPS) is 16.5. The van der Waals surface area contributed by atoms with Gasteiger partial charge in [0.1, 0.15) is 29.4 Å². The average molecular weight is 415 g/mol. The van der Waals surface area contributed by atoms with Crippen LogP contribution in [0.1, 0.15) is 35.2 Å². The van der Waals surface area contributed by atoms with Gasteiger partial charge in [0.25, 0.3) is 0 Å². The minimum absolute atomic E-state index is 0.261. The Morgan fingerprint density at radius 3 is 2.87 bits per heavy atom. The number of benzene rings is 1. The van der Waals surface area contributed by atoms with Gasteiger partial charge in [0.2, 0.25) is 0 Å². The maximum absolute atomic E-state index is 11.8. The predicted octanol–water partition coefficient (Wildman–Crippen LogP) is 2.72. The van der Waals surface area contributed by atoms with Crippen LogP contribution in [0, 0.1) is 6.92 Å². The number of hydrogen-bond acceptors (Lipinski definition) is 6. The first-order valence-electron chi connectivity index (χ1n) is 10.2. The highest BCUT2D eigenvalue weighted by Crippen LogP contribution is 2.30. The van der Waals surface area contributed by atoms with Crippen molar-refractivity contribution < 1.29 is 18.7 Å². The summed E-state index contributed by atoms with van der Waals surface area (Å²) in [6, 6.07) is 10.0. The van der Waals surface area contributed by atoms with Gasteiger partial charge >= 0.3 is 5.97 Å². The number of aliphatic imine (C=N–C) groups is 1. The van der Waals surface area contributed by atoms with E-state index >= 15 is 0 Å². The molecule has 1 atom stereocenters. The second-order valence-corrected chi connectivity index (χ2v) is 7.12. The summed E-state index contributed by atoms with van der Waals surface area (Å²) in [4.78, 5) is 18.7. The third kappa shape index (κ3) is 5.06. The van der Waals surface area contributed by atoms with E-state index in [-0.39, 0.29) is 6.04 Å². The van der Waals surface area contributed by atoms with Gasteiger partial charge in [-0.3, -0.25) is 0 Å². The number of carbonyl (C=O) groups excluding carboxylic acids is 1. The Kier molecular flexibility index (Phi) is 7.21. The molecule has 0 aliphatic carbocycles. The highest BCUT2D eigenvalue weighted by molar-refractivity contribution is 5.90. The fraction of sp³-hybridized carbons (Fsp3) is 0.455. The van der Waals surface area contributed by atoms with E-state index in [1.165, 1.54) is 7.11 Å². The zero-order chi connectivity index (χ0) is 21.5. The maximum atomic E-state index is 11.8. The molecule has 1 fully saturated rings. The lowest BCUT2D eigenvalue weighted by Crippen LogP contribution is -2.44. The second kappa shape index (κ2) is 10.0. The van der Waals surface area contributed by atoms with E-state index in [0.717, 1.165) is 43.5 Å². The lowest BCUT2D eigenvalue weighted by atomic mass is 10.2. The highest BCUT2D eigenvalue weighted by atomic mass is 16.5. The van der Waals surface area contributed by atoms with Crippen LogP contribution in [-0.4, -0.2) is 51.8 Å². The lowest BCUT2D eigenvalue weighted by molar-refractivity contribution is 0.0599. The molecule has 2 heterocycles. The van der Waals surface area contributed by atoms with E-state index in [2.05, 4.69) is 26.6 Å². The Labute approximate surface area is 177 Å². The molecule has 0 bridgehead atoms. The van der Waals surface area contributed by atoms with Crippen molar-refractivity contribution in [3.8, 4) is 5.75 Å². The number of furan rings is 1. The van der Waals surface area contributed by atoms with Gasteiger partial charge < -0.3 is 29.4 Å². The average Bonchev–Trinajstić information content (AvgIpc) is 3.38. The van der Waals surface area contributed by atoms with Gasteiger partial charge in [-0.25, -0.2) is 9.79 Å². The topological polar surface area (TPSA) is 88.3 Å². The van der Waals surface area contributed by atoms with Crippen molar-refractivity contribution in [3.05, 3.63) is 47.4 Å². The third-order valence-electron chi connectivity index (χ3n) is 5.07. The lowest BCUT2D eigenvalue weighted by Gasteiger charge is -2.22. The summed E-state index contributed by atoms with van der Waals surface area (Å²) >= 11 is 0. The summed E-state index contributed by atoms with van der Waals surface area (Å²) in [6.45, 7) is 6.65. The molecule has 1 aliphatic heterocycles. The van der Waals surface area contributed by atoms with Crippen molar-refractivity contribution in [2.45, 2.75) is 32.9 Å². The van der Waals surface area contributed by atoms with Crippen LogP contribution in [0.5, 0.6) is 5.75 Å². The van der Waals surface area contributed by atoms with E-state index in [1.807, 2.05) is 25.1 Å². The second-order valence-electron chi connectivity index (χ2n) is 7.12. The van der Waals surface area contributed by atoms with E-state index in [1.54, 1.807) is 20.1 Å². The quantitative estimate of drug-likeness (QED) is 0.409. The van der Waals surface area contributed by atoms with E-state index < -0.39 is 5.97 Å². The van der Waals surface area contributed by atoms with Crippen molar-refractivity contribution in [2.75, 3.05) is 38.8 Å². The van der Waals surface area contributed by atoms with Crippen molar-refractivity contribution >= 4 is 17.6 Å². The van der Waals surface area contributed by atoms with Gasteiger partial charge in [-0.2, -0.15) is 0 Å². The molecule has 1 saturated heterocycles. The number of aryl methyl sites for hydroxylation is 1. The SMILES string of the molecule is CCNC(=NCc1cc(C(=O)OC)c(C)o1)NC1CCN(c2ccccc2OC)C1. The summed E-state index contributed by atoms with van der Waals surface area (Å²) in [5.74, 6) is 2.35. The molecular weight excluding hydrogens is 384 g/mol. The minimum atomic E-state index is -0.404. The molecule has 0 saturated carbocycles. The van der Waals surface area contributed by atoms with Crippen LogP contribution in [0.25, 0.3) is 0 Å². The number of hydrogen-bond donors (Lipinski definition) is 2. The van der Waals surface area contributed by atoms with Gasteiger partial charge in [0.05, 0.1) is 19.9 Å². The Bertz CT molecular complexity index is 893. The van der Waals surface area contributed by atoms with Crippen LogP contribution >= 0.6 is 0 Å². The van der Waals surface area contributed by atoms with Crippen LogP contribution in [-0.2, 0) is 11.3 Å². The van der Waals surface area contributed by atoms with Crippen LogP contribution in [0.3, 0.4) is 0 Å². The van der Waals surface area contributed by atoms with Gasteiger partial charge in [-0.1, -0.05) is 12.1 Å². The van der Waals surface area contributed by atoms with E-state index in [9.17, 15) is 4.79 Å². The van der Waals surface area contributed by atoms with Crippen molar-refractivity contribution in [3.63, 3.8) is 0 Å². The van der Waals surface area contributed by atoms with E-state index in [4.69, 9.17) is 13.9 Å². The Hall–Kier alpha value is -3.16. The zero-order valence-electron chi connectivity index (χ0n) is 18.0. The van der Waals surface area contributed by atoms with Crippen molar-refractivity contribution in [1.82, 2.24) is 10.6 Å². The highest BCUT2D eigenvalue weighted by Gasteiger charge is 2.25. The number of guanidine groups is 1. The summed E-state index contributed by atoms with van der Waals surface area (Å²) in [6.07, 6.45) is 0.995. The Morgan fingerprint density at radius 2 is 2.13 bits per heavy atom. The molecule has 1 unspecified atom stereocenters. The van der Waals surface area contributed by atoms with Crippen LogP contribution in [0.4, 0.5) is 5.69 Å². The Balaban J connectivity index is 1.64. The van der Waals surface area contributed by atoms with Crippen LogP contribution < -0.4 is 20.3 Å². The first-order chi connectivity index (χ1) is 14.5. The first-order valence-corrected chi connectivity index (χ1v) is 10.2. The molecule has 0 amide bonds. The molecule has 2 aromatic rings. The predicted molar refractivity (Wildman–Crippen MR) is 116 cm³/mol. The van der Waals surface area contributed by atoms with Crippen molar-refractivity contribution in [1.29, 1.82) is 0 Å². The number of carbonyl (C=O) groups is 1. The summed E-state index contributed by atoms with van der Waals surface area (Å²) in [5.41, 5.74) is 1.54. The standard InChI is InChI=1S/C22H30N4O4/c1-5-23-22(24-13-17-12-18(15(2)30-17)21(27)29-4)25-16-10-11-26(14-16)19-8-6-7-9-20(19)28-3/h6-9,12,16H,5,10-11,13-14H2,1-4H3,(H2,23,24,25). The number of anilines is 1. The number of esters is 1. The number of nitrogens with zero attached hydrogens (tertiary/aromatic N) is 2. The molecule has 30 heavy (non-hydrogen) atoms. The monoisotopic (exact) mass is 414 g/mol. The molecule has 1 aromatic heterocycles. The molecule has 3 rings (SSSR count). The fourth-order valence-electron chi connectivity index (χ4n) is 3.59. The molecule has 2 N–H and O–H groups in total. The smallest absolute Gasteiger partial charge is 0.341 e.